The number of carbonyl (C=O) groups is 3. The number of aliphatic hydroxyl groups excluding tert-OH is 1. The van der Waals surface area contributed by atoms with E-state index in [1.807, 2.05) is 11.0 Å². The van der Waals surface area contributed by atoms with Crippen LogP contribution < -0.4 is 15.8 Å². The van der Waals surface area contributed by atoms with Crippen molar-refractivity contribution < 1.29 is 29.7 Å². The molecule has 1 amide bonds. The van der Waals surface area contributed by atoms with Crippen molar-refractivity contribution in [3.05, 3.63) is 51.1 Å². The summed E-state index contributed by atoms with van der Waals surface area (Å²) in [7, 11) is 0. The number of anilines is 1. The monoisotopic (exact) mass is 503 g/mol. The molecule has 0 bridgehead atoms. The zero-order chi connectivity index (χ0) is 25.5. The molecule has 0 saturated heterocycles. The molecule has 0 fully saturated rings. The molecule has 5 N–H and O–H groups in total. The lowest BCUT2D eigenvalue weighted by Crippen LogP contribution is -2.41. The highest BCUT2D eigenvalue weighted by Gasteiger charge is 2.24. The fourth-order valence-electron chi connectivity index (χ4n) is 3.41. The van der Waals surface area contributed by atoms with E-state index < -0.39 is 30.3 Å². The van der Waals surface area contributed by atoms with Gasteiger partial charge in [0.25, 0.3) is 11.5 Å². The van der Waals surface area contributed by atoms with Crippen molar-refractivity contribution in [3.63, 3.8) is 0 Å². The van der Waals surface area contributed by atoms with Gasteiger partial charge in [-0.3, -0.25) is 14.4 Å². The van der Waals surface area contributed by atoms with Crippen molar-refractivity contribution in [3.8, 4) is 0 Å². The number of aryl methyl sites for hydroxylation is 1. The van der Waals surface area contributed by atoms with Gasteiger partial charge in [-0.15, -0.1) is 0 Å². The number of benzene rings is 1. The Morgan fingerprint density at radius 3 is 2.71 bits per heavy atom. The highest BCUT2D eigenvalue weighted by atomic mass is 32.1. The number of hydrogen-bond donors (Lipinski definition) is 5. The van der Waals surface area contributed by atoms with E-state index in [1.165, 1.54) is 6.20 Å². The van der Waals surface area contributed by atoms with Crippen LogP contribution in [0.25, 0.3) is 10.9 Å². The standard InChI is InChI=1S/C22H25N5O7S/c1-12-24-15-4-3-13(9-14(15)19(31)25-12)11-27(7-2-8-28)17-10-23-21(35-17)20(32)26-16(22(33)34)5-6-18(29)30/h3-4,9-10,16,28H,2,5-8,11H2,1H3,(H,26,32)(H,29,30)(H,33,34)(H,24,25,31)/t16-/m1/s1. The Balaban J connectivity index is 1.79. The minimum atomic E-state index is -1.36. The summed E-state index contributed by atoms with van der Waals surface area (Å²) >= 11 is 1.04. The minimum Gasteiger partial charge on any atom is -0.481 e. The highest BCUT2D eigenvalue weighted by molar-refractivity contribution is 7.17. The molecule has 0 aliphatic heterocycles. The van der Waals surface area contributed by atoms with Crippen LogP contribution in [0.15, 0.2) is 29.2 Å². The summed E-state index contributed by atoms with van der Waals surface area (Å²) in [5.74, 6) is -2.71. The molecule has 1 atom stereocenters. The summed E-state index contributed by atoms with van der Waals surface area (Å²) in [6, 6.07) is 3.98. The first-order chi connectivity index (χ1) is 16.7. The van der Waals surface area contributed by atoms with Gasteiger partial charge in [0, 0.05) is 26.1 Å². The van der Waals surface area contributed by atoms with Gasteiger partial charge in [0.15, 0.2) is 5.01 Å². The maximum atomic E-state index is 12.5. The number of fused-ring (bicyclic) bond motifs is 1. The van der Waals surface area contributed by atoms with Crippen molar-refractivity contribution in [2.24, 2.45) is 0 Å². The normalized spacial score (nSPS) is 11.8. The van der Waals surface area contributed by atoms with E-state index in [0.29, 0.717) is 41.2 Å². The van der Waals surface area contributed by atoms with Gasteiger partial charge in [0.05, 0.1) is 17.1 Å². The molecular weight excluding hydrogens is 478 g/mol. The van der Waals surface area contributed by atoms with Crippen LogP contribution in [0.4, 0.5) is 5.00 Å². The summed E-state index contributed by atoms with van der Waals surface area (Å²) in [5, 5.41) is 30.7. The van der Waals surface area contributed by atoms with Gasteiger partial charge >= 0.3 is 11.9 Å². The van der Waals surface area contributed by atoms with E-state index in [4.69, 9.17) is 5.11 Å². The summed E-state index contributed by atoms with van der Waals surface area (Å²) in [6.45, 7) is 2.46. The second-order valence-electron chi connectivity index (χ2n) is 7.80. The van der Waals surface area contributed by atoms with Gasteiger partial charge in [-0.25, -0.2) is 14.8 Å². The van der Waals surface area contributed by atoms with Gasteiger partial charge in [0.2, 0.25) is 0 Å². The van der Waals surface area contributed by atoms with Gasteiger partial charge in [-0.05, 0) is 37.5 Å². The number of aliphatic hydroxyl groups is 1. The van der Waals surface area contributed by atoms with Crippen LogP contribution in [-0.2, 0) is 16.1 Å². The van der Waals surface area contributed by atoms with Crippen LogP contribution in [0.1, 0.15) is 40.5 Å². The average molecular weight is 504 g/mol. The predicted molar refractivity (Wildman–Crippen MR) is 128 cm³/mol. The van der Waals surface area contributed by atoms with Crippen LogP contribution in [0, 0.1) is 6.92 Å². The lowest BCUT2D eigenvalue weighted by Gasteiger charge is -2.22. The first-order valence-corrected chi connectivity index (χ1v) is 11.6. The Morgan fingerprint density at radius 2 is 2.03 bits per heavy atom. The number of rotatable bonds is 12. The van der Waals surface area contributed by atoms with Crippen molar-refractivity contribution in [2.45, 2.75) is 38.8 Å². The van der Waals surface area contributed by atoms with E-state index in [9.17, 15) is 29.4 Å². The minimum absolute atomic E-state index is 0.0187. The Kier molecular flexibility index (Phi) is 8.49. The van der Waals surface area contributed by atoms with Crippen LogP contribution >= 0.6 is 11.3 Å². The number of aromatic nitrogens is 3. The number of hydrogen-bond acceptors (Lipinski definition) is 9. The summed E-state index contributed by atoms with van der Waals surface area (Å²) in [4.78, 5) is 59.9. The Morgan fingerprint density at radius 1 is 1.26 bits per heavy atom. The third-order valence-corrected chi connectivity index (χ3v) is 6.15. The lowest BCUT2D eigenvalue weighted by molar-refractivity contribution is -0.140. The molecule has 3 aromatic rings. The smallest absolute Gasteiger partial charge is 0.326 e. The maximum Gasteiger partial charge on any atom is 0.326 e. The SMILES string of the molecule is Cc1nc2ccc(CN(CCCO)c3cnc(C(=O)N[C@H](CCC(=O)O)C(=O)O)s3)cc2c(=O)[nH]1. The molecule has 0 aliphatic rings. The lowest BCUT2D eigenvalue weighted by atomic mass is 10.1. The first kappa shape index (κ1) is 25.8. The third-order valence-electron chi connectivity index (χ3n) is 5.10. The van der Waals surface area contributed by atoms with E-state index >= 15 is 0 Å². The second-order valence-corrected chi connectivity index (χ2v) is 8.81. The zero-order valence-corrected chi connectivity index (χ0v) is 19.7. The molecule has 0 saturated carbocycles. The highest BCUT2D eigenvalue weighted by Crippen LogP contribution is 2.26. The van der Waals surface area contributed by atoms with Crippen molar-refractivity contribution in [2.75, 3.05) is 18.1 Å². The van der Waals surface area contributed by atoms with E-state index in [0.717, 1.165) is 16.9 Å². The Hall–Kier alpha value is -3.84. The van der Waals surface area contributed by atoms with Crippen molar-refractivity contribution >= 4 is 45.1 Å². The molecule has 1 aromatic carbocycles. The predicted octanol–water partition coefficient (Wildman–Crippen LogP) is 1.12. The van der Waals surface area contributed by atoms with E-state index in [2.05, 4.69) is 20.3 Å². The molecule has 0 unspecified atom stereocenters. The number of nitrogens with zero attached hydrogens (tertiary/aromatic N) is 3. The molecule has 35 heavy (non-hydrogen) atoms. The quantitative estimate of drug-likeness (QED) is 0.240. The fraction of sp³-hybridized carbons (Fsp3) is 0.364. The molecule has 0 aliphatic carbocycles. The Bertz CT molecular complexity index is 1290. The van der Waals surface area contributed by atoms with Crippen LogP contribution in [0.2, 0.25) is 0 Å². The molecule has 0 spiro atoms. The number of carbonyl (C=O) groups excluding carboxylic acids is 1. The van der Waals surface area contributed by atoms with Gasteiger partial charge in [-0.1, -0.05) is 17.4 Å². The van der Waals surface area contributed by atoms with E-state index in [1.54, 1.807) is 19.1 Å². The van der Waals surface area contributed by atoms with E-state index in [-0.39, 0.29) is 23.6 Å². The molecule has 0 radical (unpaired) electrons. The Labute approximate surface area is 203 Å². The molecule has 12 nitrogen and oxygen atoms in total. The maximum absolute atomic E-state index is 12.5. The number of amides is 1. The molecule has 13 heteroatoms. The summed E-state index contributed by atoms with van der Waals surface area (Å²) in [5.41, 5.74) is 1.14. The zero-order valence-electron chi connectivity index (χ0n) is 18.9. The average Bonchev–Trinajstić information content (AvgIpc) is 3.29. The summed E-state index contributed by atoms with van der Waals surface area (Å²) in [6.07, 6.45) is 1.26. The molecule has 2 heterocycles. The van der Waals surface area contributed by atoms with Crippen LogP contribution in [0.5, 0.6) is 0 Å². The number of aromatic amines is 1. The van der Waals surface area contributed by atoms with Crippen LogP contribution in [-0.4, -0.2) is 67.3 Å². The van der Waals surface area contributed by atoms with Crippen molar-refractivity contribution in [1.82, 2.24) is 20.3 Å². The molecule has 186 valence electrons. The number of thiazole rings is 1. The third kappa shape index (κ3) is 6.83. The van der Waals surface area contributed by atoms with Gasteiger partial charge in [0.1, 0.15) is 16.9 Å². The topological polar surface area (TPSA) is 186 Å². The molecular formula is C22H25N5O7S. The molecule has 3 rings (SSSR count). The number of carboxylic acid groups (broad SMARTS) is 2. The number of aliphatic carboxylic acids is 2. The molecule has 2 aromatic heterocycles. The first-order valence-electron chi connectivity index (χ1n) is 10.7. The fourth-order valence-corrected chi connectivity index (χ4v) is 4.26. The van der Waals surface area contributed by atoms with Gasteiger partial charge < -0.3 is 30.5 Å². The van der Waals surface area contributed by atoms with Gasteiger partial charge in [-0.2, -0.15) is 0 Å². The number of carboxylic acids is 2. The largest absolute Gasteiger partial charge is 0.481 e. The number of nitrogens with one attached hydrogen (secondary N) is 2. The number of H-pyrrole nitrogens is 1. The second kappa shape index (κ2) is 11.5. The van der Waals surface area contributed by atoms with Crippen LogP contribution in [0.3, 0.4) is 0 Å². The van der Waals surface area contributed by atoms with Crippen molar-refractivity contribution in [1.29, 1.82) is 0 Å². The summed E-state index contributed by atoms with van der Waals surface area (Å²) < 4.78 is 0.